The summed E-state index contributed by atoms with van der Waals surface area (Å²) in [5, 5.41) is 22.8. The van der Waals surface area contributed by atoms with Gasteiger partial charge in [0.1, 0.15) is 0 Å². The monoisotopic (exact) mass is 293 g/mol. The van der Waals surface area contributed by atoms with Crippen LogP contribution < -0.4 is 10.6 Å². The van der Waals surface area contributed by atoms with Crippen LogP contribution in [-0.2, 0) is 0 Å². The van der Waals surface area contributed by atoms with Crippen LogP contribution in [0, 0.1) is 11.3 Å². The van der Waals surface area contributed by atoms with Crippen molar-refractivity contribution >= 4 is 39.7 Å². The van der Waals surface area contributed by atoms with Crippen LogP contribution in [0.25, 0.3) is 0 Å². The predicted octanol–water partition coefficient (Wildman–Crippen LogP) is 2.36. The van der Waals surface area contributed by atoms with E-state index in [1.807, 2.05) is 6.07 Å². The molecule has 1 aromatic carbocycles. The number of hydrogen-bond donors (Lipinski definition) is 2. The lowest BCUT2D eigenvalue weighted by molar-refractivity contribution is 0.102. The number of hydrogen-bond acceptors (Lipinski definition) is 6. The number of halogens is 1. The number of rotatable bonds is 3. The molecule has 0 bridgehead atoms. The van der Waals surface area contributed by atoms with Gasteiger partial charge in [-0.25, -0.2) is 0 Å². The molecule has 6 nitrogen and oxygen atoms in total. The van der Waals surface area contributed by atoms with Gasteiger partial charge in [-0.2, -0.15) is 5.26 Å². The van der Waals surface area contributed by atoms with Gasteiger partial charge in [-0.3, -0.25) is 4.79 Å². The molecule has 0 aliphatic carbocycles. The zero-order valence-electron chi connectivity index (χ0n) is 9.77. The summed E-state index contributed by atoms with van der Waals surface area (Å²) in [5.41, 5.74) is 0.778. The van der Waals surface area contributed by atoms with E-state index >= 15 is 0 Å². The summed E-state index contributed by atoms with van der Waals surface area (Å²) in [6.07, 6.45) is 0. The van der Waals surface area contributed by atoms with Gasteiger partial charge in [-0.15, -0.1) is 10.2 Å². The first kappa shape index (κ1) is 13.3. The zero-order valence-corrected chi connectivity index (χ0v) is 11.3. The number of anilines is 2. The van der Waals surface area contributed by atoms with Crippen molar-refractivity contribution in [3.05, 3.63) is 33.8 Å². The van der Waals surface area contributed by atoms with Gasteiger partial charge in [0.25, 0.3) is 5.91 Å². The fourth-order valence-electron chi connectivity index (χ4n) is 1.28. The fourth-order valence-corrected chi connectivity index (χ4v) is 2.04. The second kappa shape index (κ2) is 5.65. The number of aromatic nitrogens is 2. The Labute approximate surface area is 118 Å². The van der Waals surface area contributed by atoms with Crippen LogP contribution in [0.1, 0.15) is 15.4 Å². The van der Waals surface area contributed by atoms with E-state index in [9.17, 15) is 4.79 Å². The van der Waals surface area contributed by atoms with E-state index in [2.05, 4.69) is 20.8 Å². The molecular weight excluding hydrogens is 286 g/mol. The van der Waals surface area contributed by atoms with Crippen LogP contribution in [0.4, 0.5) is 10.8 Å². The Morgan fingerprint density at radius 2 is 2.26 bits per heavy atom. The molecule has 0 atom stereocenters. The summed E-state index contributed by atoms with van der Waals surface area (Å²) < 4.78 is 0. The molecule has 1 amide bonds. The quantitative estimate of drug-likeness (QED) is 0.906. The summed E-state index contributed by atoms with van der Waals surface area (Å²) in [7, 11) is 1.69. The molecule has 1 aromatic heterocycles. The molecule has 0 fully saturated rings. The lowest BCUT2D eigenvalue weighted by Crippen LogP contribution is -2.12. The molecule has 96 valence electrons. The number of amides is 1. The van der Waals surface area contributed by atoms with Crippen LogP contribution in [0.2, 0.25) is 5.02 Å². The maximum atomic E-state index is 11.9. The summed E-state index contributed by atoms with van der Waals surface area (Å²) in [6.45, 7) is 0. The second-order valence-electron chi connectivity index (χ2n) is 3.42. The highest BCUT2D eigenvalue weighted by molar-refractivity contribution is 7.17. The lowest BCUT2D eigenvalue weighted by Gasteiger charge is -2.05. The van der Waals surface area contributed by atoms with Crippen molar-refractivity contribution in [1.82, 2.24) is 10.2 Å². The van der Waals surface area contributed by atoms with Gasteiger partial charge in [-0.05, 0) is 18.2 Å². The summed E-state index contributed by atoms with van der Waals surface area (Å²) >= 11 is 7.07. The Hall–Kier alpha value is -2.17. The first-order valence-corrected chi connectivity index (χ1v) is 6.35. The van der Waals surface area contributed by atoms with Gasteiger partial charge < -0.3 is 10.6 Å². The van der Waals surface area contributed by atoms with Crippen LogP contribution in [0.5, 0.6) is 0 Å². The maximum Gasteiger partial charge on any atom is 0.286 e. The van der Waals surface area contributed by atoms with Crippen molar-refractivity contribution in [2.75, 3.05) is 17.7 Å². The van der Waals surface area contributed by atoms with Crippen LogP contribution in [-0.4, -0.2) is 23.2 Å². The molecule has 2 N–H and O–H groups in total. The maximum absolute atomic E-state index is 11.9. The number of nitrogens with one attached hydrogen (secondary N) is 2. The van der Waals surface area contributed by atoms with E-state index in [4.69, 9.17) is 16.9 Å². The third-order valence-electron chi connectivity index (χ3n) is 2.18. The van der Waals surface area contributed by atoms with Gasteiger partial charge in [0.05, 0.1) is 22.3 Å². The second-order valence-corrected chi connectivity index (χ2v) is 4.81. The van der Waals surface area contributed by atoms with Crippen molar-refractivity contribution < 1.29 is 4.79 Å². The third-order valence-corrected chi connectivity index (χ3v) is 3.45. The molecule has 0 radical (unpaired) electrons. The number of benzene rings is 1. The topological polar surface area (TPSA) is 90.7 Å². The summed E-state index contributed by atoms with van der Waals surface area (Å²) in [4.78, 5) is 11.9. The molecule has 0 saturated heterocycles. The minimum Gasteiger partial charge on any atom is -0.363 e. The van der Waals surface area contributed by atoms with Gasteiger partial charge >= 0.3 is 0 Å². The van der Waals surface area contributed by atoms with Crippen molar-refractivity contribution in [3.63, 3.8) is 0 Å². The molecule has 0 unspecified atom stereocenters. The Bertz CT molecular complexity index is 663. The summed E-state index contributed by atoms with van der Waals surface area (Å²) in [6, 6.07) is 6.60. The molecule has 0 saturated carbocycles. The van der Waals surface area contributed by atoms with Crippen LogP contribution >= 0.6 is 22.9 Å². The smallest absolute Gasteiger partial charge is 0.286 e. The molecule has 1 heterocycles. The SMILES string of the molecule is CNc1nnc(C(=O)Nc2cc(C#N)ccc2Cl)s1. The van der Waals surface area contributed by atoms with Crippen LogP contribution in [0.15, 0.2) is 18.2 Å². The third kappa shape index (κ3) is 2.99. The number of carbonyl (C=O) groups excluding carboxylic acids is 1. The number of nitriles is 1. The van der Waals surface area contributed by atoms with E-state index in [1.165, 1.54) is 6.07 Å². The molecule has 19 heavy (non-hydrogen) atoms. The number of nitrogens with zero attached hydrogens (tertiary/aromatic N) is 3. The Kier molecular flexibility index (Phi) is 3.94. The van der Waals surface area contributed by atoms with E-state index in [1.54, 1.807) is 19.2 Å². The van der Waals surface area contributed by atoms with Crippen molar-refractivity contribution in [2.45, 2.75) is 0 Å². The van der Waals surface area contributed by atoms with Gasteiger partial charge in [0.15, 0.2) is 0 Å². The van der Waals surface area contributed by atoms with Crippen LogP contribution in [0.3, 0.4) is 0 Å². The van der Waals surface area contributed by atoms with Crippen molar-refractivity contribution in [2.24, 2.45) is 0 Å². The highest BCUT2D eigenvalue weighted by Gasteiger charge is 2.14. The van der Waals surface area contributed by atoms with Gasteiger partial charge in [0, 0.05) is 7.05 Å². The highest BCUT2D eigenvalue weighted by Crippen LogP contribution is 2.24. The molecule has 8 heteroatoms. The van der Waals surface area contributed by atoms with E-state index in [0.717, 1.165) is 11.3 Å². The standard InChI is InChI=1S/C11H8ClN5OS/c1-14-11-17-16-10(19-11)9(18)15-8-4-6(5-13)2-3-7(8)12/h2-4H,1H3,(H,14,17)(H,15,18). The zero-order chi connectivity index (χ0) is 13.8. The minimum atomic E-state index is -0.420. The lowest BCUT2D eigenvalue weighted by atomic mass is 10.2. The molecule has 0 aliphatic rings. The Morgan fingerprint density at radius 3 is 2.89 bits per heavy atom. The molecular formula is C11H8ClN5OS. The van der Waals surface area contributed by atoms with Crippen molar-refractivity contribution in [1.29, 1.82) is 5.26 Å². The van der Waals surface area contributed by atoms with Crippen molar-refractivity contribution in [3.8, 4) is 6.07 Å². The average molecular weight is 294 g/mol. The first-order chi connectivity index (χ1) is 9.13. The van der Waals surface area contributed by atoms with E-state index < -0.39 is 5.91 Å². The van der Waals surface area contributed by atoms with Gasteiger partial charge in [-0.1, -0.05) is 22.9 Å². The molecule has 2 aromatic rings. The highest BCUT2D eigenvalue weighted by atomic mass is 35.5. The average Bonchev–Trinajstić information content (AvgIpc) is 2.90. The fraction of sp³-hybridized carbons (Fsp3) is 0.0909. The Morgan fingerprint density at radius 1 is 1.47 bits per heavy atom. The number of carbonyl (C=O) groups is 1. The van der Waals surface area contributed by atoms with E-state index in [0.29, 0.717) is 21.4 Å². The van der Waals surface area contributed by atoms with Gasteiger partial charge in [0.2, 0.25) is 10.1 Å². The summed E-state index contributed by atoms with van der Waals surface area (Å²) in [5.74, 6) is -0.420. The first-order valence-electron chi connectivity index (χ1n) is 5.16. The van der Waals surface area contributed by atoms with E-state index in [-0.39, 0.29) is 5.01 Å². The largest absolute Gasteiger partial charge is 0.363 e. The Balaban J connectivity index is 2.21. The molecule has 0 aliphatic heterocycles. The molecule has 2 rings (SSSR count). The minimum absolute atomic E-state index is 0.211. The predicted molar refractivity (Wildman–Crippen MR) is 73.6 cm³/mol. The normalized spacial score (nSPS) is 9.74. The molecule has 0 spiro atoms.